The number of carbonyl (C=O) groups excluding carboxylic acids is 1. The van der Waals surface area contributed by atoms with Crippen LogP contribution in [0.1, 0.15) is 49.0 Å². The molecule has 1 amide bonds. The molecule has 3 N–H and O–H groups in total. The van der Waals surface area contributed by atoms with Crippen LogP contribution in [0.3, 0.4) is 0 Å². The molecule has 3 nitrogen and oxygen atoms in total. The van der Waals surface area contributed by atoms with Crippen molar-refractivity contribution in [3.05, 3.63) is 29.3 Å². The van der Waals surface area contributed by atoms with Gasteiger partial charge in [-0.25, -0.2) is 0 Å². The molecular weight excluding hydrogens is 236 g/mol. The summed E-state index contributed by atoms with van der Waals surface area (Å²) in [6, 6.07) is 5.77. The zero-order valence-corrected chi connectivity index (χ0v) is 12.1. The Morgan fingerprint density at radius 2 is 2.05 bits per heavy atom. The minimum absolute atomic E-state index is 0.0227. The summed E-state index contributed by atoms with van der Waals surface area (Å²) >= 11 is 0. The molecule has 0 spiro atoms. The number of amides is 1. The Morgan fingerprint density at radius 1 is 1.32 bits per heavy atom. The summed E-state index contributed by atoms with van der Waals surface area (Å²) in [5.41, 5.74) is 8.17. The van der Waals surface area contributed by atoms with Crippen LogP contribution in [0.2, 0.25) is 0 Å². The highest BCUT2D eigenvalue weighted by Crippen LogP contribution is 2.28. The average molecular weight is 260 g/mol. The number of carbonyl (C=O) groups is 1. The van der Waals surface area contributed by atoms with E-state index in [9.17, 15) is 4.79 Å². The molecule has 0 saturated heterocycles. The fourth-order valence-corrected chi connectivity index (χ4v) is 2.95. The third kappa shape index (κ3) is 3.28. The number of hydrogen-bond acceptors (Lipinski definition) is 2. The summed E-state index contributed by atoms with van der Waals surface area (Å²) in [7, 11) is 0. The van der Waals surface area contributed by atoms with Crippen molar-refractivity contribution < 1.29 is 4.79 Å². The Balaban J connectivity index is 2.02. The lowest BCUT2D eigenvalue weighted by atomic mass is 9.80. The van der Waals surface area contributed by atoms with Gasteiger partial charge in [-0.3, -0.25) is 4.79 Å². The molecule has 0 heterocycles. The van der Waals surface area contributed by atoms with Gasteiger partial charge in [0.25, 0.3) is 5.91 Å². The van der Waals surface area contributed by atoms with Crippen molar-refractivity contribution in [2.75, 3.05) is 5.73 Å². The van der Waals surface area contributed by atoms with E-state index in [1.807, 2.05) is 13.0 Å². The van der Waals surface area contributed by atoms with E-state index >= 15 is 0 Å². The van der Waals surface area contributed by atoms with Crippen LogP contribution in [-0.2, 0) is 0 Å². The van der Waals surface area contributed by atoms with Crippen molar-refractivity contribution in [1.82, 2.24) is 5.32 Å². The summed E-state index contributed by atoms with van der Waals surface area (Å²) < 4.78 is 0. The highest BCUT2D eigenvalue weighted by molar-refractivity contribution is 5.95. The Kier molecular flexibility index (Phi) is 4.13. The average Bonchev–Trinajstić information content (AvgIpc) is 2.36. The van der Waals surface area contributed by atoms with E-state index in [1.54, 1.807) is 12.1 Å². The van der Waals surface area contributed by atoms with Gasteiger partial charge in [-0.05, 0) is 61.8 Å². The van der Waals surface area contributed by atoms with Crippen LogP contribution in [-0.4, -0.2) is 11.9 Å². The third-order valence-corrected chi connectivity index (χ3v) is 4.28. The number of anilines is 1. The van der Waals surface area contributed by atoms with Crippen molar-refractivity contribution >= 4 is 11.6 Å². The molecule has 2 rings (SSSR count). The molecule has 0 aliphatic heterocycles. The predicted molar refractivity (Wildman–Crippen MR) is 79.0 cm³/mol. The molecule has 1 aliphatic rings. The predicted octanol–water partition coefficient (Wildman–Crippen LogP) is 3.13. The largest absolute Gasteiger partial charge is 0.399 e. The first-order valence-electron chi connectivity index (χ1n) is 7.14. The van der Waals surface area contributed by atoms with Gasteiger partial charge in [0, 0.05) is 17.3 Å². The summed E-state index contributed by atoms with van der Waals surface area (Å²) in [4.78, 5) is 12.3. The number of nitrogen functional groups attached to an aromatic ring is 1. The second-order valence-electron chi connectivity index (χ2n) is 6.05. The Labute approximate surface area is 115 Å². The lowest BCUT2D eigenvalue weighted by Crippen LogP contribution is -2.42. The SMILES string of the molecule is Cc1cc(C(=O)NC2CCC(C)CC2C)ccc1N. The second kappa shape index (κ2) is 5.64. The Morgan fingerprint density at radius 3 is 2.68 bits per heavy atom. The smallest absolute Gasteiger partial charge is 0.251 e. The molecule has 0 aromatic heterocycles. The van der Waals surface area contributed by atoms with Gasteiger partial charge in [-0.15, -0.1) is 0 Å². The maximum Gasteiger partial charge on any atom is 0.251 e. The minimum Gasteiger partial charge on any atom is -0.399 e. The van der Waals surface area contributed by atoms with E-state index in [0.717, 1.165) is 23.6 Å². The van der Waals surface area contributed by atoms with Gasteiger partial charge in [0.2, 0.25) is 0 Å². The maximum atomic E-state index is 12.3. The first kappa shape index (κ1) is 13.9. The zero-order valence-electron chi connectivity index (χ0n) is 12.1. The number of hydrogen-bond donors (Lipinski definition) is 2. The summed E-state index contributed by atoms with van der Waals surface area (Å²) in [6.07, 6.45) is 3.49. The monoisotopic (exact) mass is 260 g/mol. The van der Waals surface area contributed by atoms with E-state index in [0.29, 0.717) is 17.5 Å². The number of rotatable bonds is 2. The van der Waals surface area contributed by atoms with Gasteiger partial charge >= 0.3 is 0 Å². The fourth-order valence-electron chi connectivity index (χ4n) is 2.95. The van der Waals surface area contributed by atoms with E-state index in [2.05, 4.69) is 19.2 Å². The molecule has 0 radical (unpaired) electrons. The normalized spacial score (nSPS) is 27.0. The first-order valence-corrected chi connectivity index (χ1v) is 7.14. The topological polar surface area (TPSA) is 55.1 Å². The van der Waals surface area contributed by atoms with Gasteiger partial charge in [0.1, 0.15) is 0 Å². The van der Waals surface area contributed by atoms with Crippen LogP contribution in [0.5, 0.6) is 0 Å². The lowest BCUT2D eigenvalue weighted by Gasteiger charge is -2.33. The molecule has 0 bridgehead atoms. The van der Waals surface area contributed by atoms with Gasteiger partial charge in [-0.1, -0.05) is 13.8 Å². The molecule has 3 unspecified atom stereocenters. The van der Waals surface area contributed by atoms with E-state index < -0.39 is 0 Å². The minimum atomic E-state index is 0.0227. The molecular formula is C16H24N2O. The van der Waals surface area contributed by atoms with Crippen molar-refractivity contribution in [3.63, 3.8) is 0 Å². The van der Waals surface area contributed by atoms with Gasteiger partial charge in [-0.2, -0.15) is 0 Å². The molecule has 1 aromatic rings. The Bertz CT molecular complexity index is 470. The van der Waals surface area contributed by atoms with Crippen molar-refractivity contribution in [3.8, 4) is 0 Å². The second-order valence-corrected chi connectivity index (χ2v) is 6.05. The van der Waals surface area contributed by atoms with Crippen molar-refractivity contribution in [2.24, 2.45) is 11.8 Å². The van der Waals surface area contributed by atoms with E-state index in [-0.39, 0.29) is 5.91 Å². The van der Waals surface area contributed by atoms with Gasteiger partial charge in [0.15, 0.2) is 0 Å². The summed E-state index contributed by atoms with van der Waals surface area (Å²) in [5, 5.41) is 3.17. The first-order chi connectivity index (χ1) is 8.97. The fraction of sp³-hybridized carbons (Fsp3) is 0.562. The van der Waals surface area contributed by atoms with Crippen molar-refractivity contribution in [2.45, 2.75) is 46.1 Å². The van der Waals surface area contributed by atoms with Crippen molar-refractivity contribution in [1.29, 1.82) is 0 Å². The molecule has 19 heavy (non-hydrogen) atoms. The number of aryl methyl sites for hydroxylation is 1. The molecule has 104 valence electrons. The molecule has 1 aromatic carbocycles. The highest BCUT2D eigenvalue weighted by Gasteiger charge is 2.26. The van der Waals surface area contributed by atoms with Gasteiger partial charge < -0.3 is 11.1 Å². The van der Waals surface area contributed by atoms with Crippen LogP contribution in [0.15, 0.2) is 18.2 Å². The van der Waals surface area contributed by atoms with Crippen LogP contribution in [0.4, 0.5) is 5.69 Å². The van der Waals surface area contributed by atoms with E-state index in [4.69, 9.17) is 5.73 Å². The lowest BCUT2D eigenvalue weighted by molar-refractivity contribution is 0.0899. The maximum absolute atomic E-state index is 12.3. The molecule has 1 aliphatic carbocycles. The summed E-state index contributed by atoms with van der Waals surface area (Å²) in [5.74, 6) is 1.36. The summed E-state index contributed by atoms with van der Waals surface area (Å²) in [6.45, 7) is 6.45. The quantitative estimate of drug-likeness (QED) is 0.803. The molecule has 3 atom stereocenters. The number of nitrogens with two attached hydrogens (primary N) is 1. The standard InChI is InChI=1S/C16H24N2O/c1-10-4-7-15(12(3)8-10)18-16(19)13-5-6-14(17)11(2)9-13/h5-6,9-10,12,15H,4,7-8,17H2,1-3H3,(H,18,19). The van der Waals surface area contributed by atoms with Gasteiger partial charge in [0.05, 0.1) is 0 Å². The molecule has 1 fully saturated rings. The van der Waals surface area contributed by atoms with Crippen LogP contribution >= 0.6 is 0 Å². The highest BCUT2D eigenvalue weighted by atomic mass is 16.1. The Hall–Kier alpha value is -1.51. The molecule has 1 saturated carbocycles. The number of benzene rings is 1. The van der Waals surface area contributed by atoms with Crippen LogP contribution in [0.25, 0.3) is 0 Å². The molecule has 3 heteroatoms. The zero-order chi connectivity index (χ0) is 14.0. The van der Waals surface area contributed by atoms with Crippen LogP contribution < -0.4 is 11.1 Å². The number of nitrogens with one attached hydrogen (secondary N) is 1. The van der Waals surface area contributed by atoms with E-state index in [1.165, 1.54) is 12.8 Å². The van der Waals surface area contributed by atoms with Crippen LogP contribution in [0, 0.1) is 18.8 Å². The third-order valence-electron chi connectivity index (χ3n) is 4.28.